The Morgan fingerprint density at radius 2 is 2.08 bits per heavy atom. The van der Waals surface area contributed by atoms with Crippen LogP contribution in [0.3, 0.4) is 0 Å². The molecule has 68 valence electrons. The molecule has 1 aliphatic heterocycles. The molecule has 1 heteroatoms. The molecule has 0 unspecified atom stereocenters. The second-order valence-corrected chi connectivity index (χ2v) is 3.52. The summed E-state index contributed by atoms with van der Waals surface area (Å²) in [5.41, 5.74) is 2.60. The molecule has 1 saturated heterocycles. The molecular formula is C12H15N. The Morgan fingerprint density at radius 1 is 1.31 bits per heavy atom. The van der Waals surface area contributed by atoms with Crippen LogP contribution in [0.1, 0.15) is 30.0 Å². The molecule has 1 aliphatic rings. The Labute approximate surface area is 79.5 Å². The molecule has 0 saturated carbocycles. The van der Waals surface area contributed by atoms with Crippen LogP contribution in [0.15, 0.2) is 30.8 Å². The van der Waals surface area contributed by atoms with Gasteiger partial charge in [0, 0.05) is 6.04 Å². The molecule has 0 radical (unpaired) electrons. The van der Waals surface area contributed by atoms with Crippen molar-refractivity contribution in [2.75, 3.05) is 6.54 Å². The van der Waals surface area contributed by atoms with Gasteiger partial charge in [-0.05, 0) is 30.5 Å². The third-order valence-electron chi connectivity index (χ3n) is 2.63. The Balaban J connectivity index is 2.16. The molecule has 0 aromatic heterocycles. The first-order chi connectivity index (χ1) is 6.40. The minimum atomic E-state index is 0.582. The molecule has 0 bridgehead atoms. The fourth-order valence-corrected chi connectivity index (χ4v) is 1.83. The smallest absolute Gasteiger partial charge is 0.0320 e. The minimum absolute atomic E-state index is 0.582. The van der Waals surface area contributed by atoms with Crippen LogP contribution in [0, 0.1) is 0 Å². The van der Waals surface area contributed by atoms with Gasteiger partial charge < -0.3 is 5.32 Å². The normalized spacial score (nSPS) is 21.7. The Bertz CT molecular complexity index is 280. The lowest BCUT2D eigenvalue weighted by Crippen LogP contribution is -2.12. The number of benzene rings is 1. The predicted octanol–water partition coefficient (Wildman–Crippen LogP) is 2.75. The summed E-state index contributed by atoms with van der Waals surface area (Å²) in [5, 5.41) is 3.48. The van der Waals surface area contributed by atoms with Gasteiger partial charge in [0.05, 0.1) is 0 Å². The van der Waals surface area contributed by atoms with Crippen LogP contribution in [0.2, 0.25) is 0 Å². The molecule has 1 N–H and O–H groups in total. The summed E-state index contributed by atoms with van der Waals surface area (Å²) >= 11 is 0. The van der Waals surface area contributed by atoms with Gasteiger partial charge in [-0.15, -0.1) is 0 Å². The standard InChI is InChI=1S/C12H15N/c1-2-10-5-7-11(8-6-10)12-4-3-9-13-12/h2,5-8,12-13H,1,3-4,9H2/t12-/m0/s1. The van der Waals surface area contributed by atoms with Gasteiger partial charge in [-0.1, -0.05) is 36.9 Å². The van der Waals surface area contributed by atoms with E-state index in [1.807, 2.05) is 6.08 Å². The van der Waals surface area contributed by atoms with Crippen LogP contribution in [0.4, 0.5) is 0 Å². The van der Waals surface area contributed by atoms with Gasteiger partial charge in [0.2, 0.25) is 0 Å². The molecule has 2 rings (SSSR count). The van der Waals surface area contributed by atoms with E-state index in [0.717, 1.165) is 6.54 Å². The summed E-state index contributed by atoms with van der Waals surface area (Å²) in [4.78, 5) is 0. The second kappa shape index (κ2) is 3.75. The average Bonchev–Trinajstić information content (AvgIpc) is 2.71. The molecule has 1 aromatic carbocycles. The van der Waals surface area contributed by atoms with E-state index in [4.69, 9.17) is 0 Å². The summed E-state index contributed by atoms with van der Waals surface area (Å²) < 4.78 is 0. The Kier molecular flexibility index (Phi) is 2.46. The van der Waals surface area contributed by atoms with E-state index in [0.29, 0.717) is 6.04 Å². The number of hydrogen-bond donors (Lipinski definition) is 1. The van der Waals surface area contributed by atoms with Gasteiger partial charge in [-0.3, -0.25) is 0 Å². The Hall–Kier alpha value is -1.08. The van der Waals surface area contributed by atoms with Gasteiger partial charge >= 0.3 is 0 Å². The zero-order valence-electron chi connectivity index (χ0n) is 7.79. The van der Waals surface area contributed by atoms with Crippen LogP contribution in [0.25, 0.3) is 6.08 Å². The third kappa shape index (κ3) is 1.81. The van der Waals surface area contributed by atoms with Crippen molar-refractivity contribution < 1.29 is 0 Å². The van der Waals surface area contributed by atoms with Crippen LogP contribution < -0.4 is 5.32 Å². The lowest BCUT2D eigenvalue weighted by molar-refractivity contribution is 0.648. The summed E-state index contributed by atoms with van der Waals surface area (Å²) in [5.74, 6) is 0. The van der Waals surface area contributed by atoms with E-state index in [1.54, 1.807) is 0 Å². The molecule has 1 atom stereocenters. The number of rotatable bonds is 2. The van der Waals surface area contributed by atoms with Crippen molar-refractivity contribution in [1.82, 2.24) is 5.32 Å². The molecule has 0 amide bonds. The van der Waals surface area contributed by atoms with Crippen molar-refractivity contribution >= 4 is 6.08 Å². The second-order valence-electron chi connectivity index (χ2n) is 3.52. The number of hydrogen-bond acceptors (Lipinski definition) is 1. The van der Waals surface area contributed by atoms with Crippen LogP contribution in [-0.2, 0) is 0 Å². The molecule has 13 heavy (non-hydrogen) atoms. The molecule has 1 fully saturated rings. The van der Waals surface area contributed by atoms with E-state index in [9.17, 15) is 0 Å². The maximum atomic E-state index is 3.74. The summed E-state index contributed by atoms with van der Waals surface area (Å²) in [6.45, 7) is 4.90. The largest absolute Gasteiger partial charge is 0.310 e. The SMILES string of the molecule is C=Cc1ccc([C@@H]2CCCN2)cc1. The van der Waals surface area contributed by atoms with E-state index in [-0.39, 0.29) is 0 Å². The maximum Gasteiger partial charge on any atom is 0.0320 e. The van der Waals surface area contributed by atoms with Crippen LogP contribution >= 0.6 is 0 Å². The van der Waals surface area contributed by atoms with E-state index < -0.39 is 0 Å². The highest BCUT2D eigenvalue weighted by molar-refractivity contribution is 5.47. The highest BCUT2D eigenvalue weighted by Crippen LogP contribution is 2.22. The lowest BCUT2D eigenvalue weighted by Gasteiger charge is -2.10. The van der Waals surface area contributed by atoms with E-state index in [2.05, 4.69) is 36.2 Å². The van der Waals surface area contributed by atoms with Gasteiger partial charge in [0.15, 0.2) is 0 Å². The van der Waals surface area contributed by atoms with Crippen molar-refractivity contribution in [3.63, 3.8) is 0 Å². The maximum absolute atomic E-state index is 3.74. The molecule has 1 heterocycles. The molecule has 1 nitrogen and oxygen atoms in total. The summed E-state index contributed by atoms with van der Waals surface area (Å²) in [6.07, 6.45) is 4.45. The summed E-state index contributed by atoms with van der Waals surface area (Å²) in [6, 6.07) is 9.23. The third-order valence-corrected chi connectivity index (χ3v) is 2.63. The topological polar surface area (TPSA) is 12.0 Å². The zero-order valence-corrected chi connectivity index (χ0v) is 7.79. The predicted molar refractivity (Wildman–Crippen MR) is 56.5 cm³/mol. The highest BCUT2D eigenvalue weighted by atomic mass is 14.9. The first-order valence-corrected chi connectivity index (χ1v) is 4.86. The van der Waals surface area contributed by atoms with Crippen molar-refractivity contribution in [3.05, 3.63) is 42.0 Å². The van der Waals surface area contributed by atoms with Crippen molar-refractivity contribution in [3.8, 4) is 0 Å². The van der Waals surface area contributed by atoms with Gasteiger partial charge in [-0.25, -0.2) is 0 Å². The Morgan fingerprint density at radius 3 is 2.62 bits per heavy atom. The highest BCUT2D eigenvalue weighted by Gasteiger charge is 2.15. The fraction of sp³-hybridized carbons (Fsp3) is 0.333. The van der Waals surface area contributed by atoms with Crippen molar-refractivity contribution in [1.29, 1.82) is 0 Å². The fourth-order valence-electron chi connectivity index (χ4n) is 1.83. The summed E-state index contributed by atoms with van der Waals surface area (Å²) in [7, 11) is 0. The first kappa shape index (κ1) is 8.52. The lowest BCUT2D eigenvalue weighted by atomic mass is 10.0. The molecular weight excluding hydrogens is 158 g/mol. The van der Waals surface area contributed by atoms with E-state index >= 15 is 0 Å². The monoisotopic (exact) mass is 173 g/mol. The van der Waals surface area contributed by atoms with Gasteiger partial charge in [-0.2, -0.15) is 0 Å². The molecule has 0 aliphatic carbocycles. The van der Waals surface area contributed by atoms with Gasteiger partial charge in [0.25, 0.3) is 0 Å². The quantitative estimate of drug-likeness (QED) is 0.725. The average molecular weight is 173 g/mol. The van der Waals surface area contributed by atoms with Crippen LogP contribution in [-0.4, -0.2) is 6.54 Å². The van der Waals surface area contributed by atoms with Crippen LogP contribution in [0.5, 0.6) is 0 Å². The van der Waals surface area contributed by atoms with E-state index in [1.165, 1.54) is 24.0 Å². The minimum Gasteiger partial charge on any atom is -0.310 e. The molecule has 0 spiro atoms. The number of nitrogens with one attached hydrogen (secondary N) is 1. The van der Waals surface area contributed by atoms with Crippen molar-refractivity contribution in [2.45, 2.75) is 18.9 Å². The van der Waals surface area contributed by atoms with Gasteiger partial charge in [0.1, 0.15) is 0 Å². The first-order valence-electron chi connectivity index (χ1n) is 4.86. The zero-order chi connectivity index (χ0) is 9.10. The molecule has 1 aromatic rings. The van der Waals surface area contributed by atoms with Crippen molar-refractivity contribution in [2.24, 2.45) is 0 Å².